The highest BCUT2D eigenvalue weighted by molar-refractivity contribution is 6.67. The number of benzene rings is 1. The van der Waals surface area contributed by atoms with Gasteiger partial charge in [0.05, 0.1) is 5.41 Å². The van der Waals surface area contributed by atoms with Crippen molar-refractivity contribution in [1.29, 1.82) is 0 Å². The van der Waals surface area contributed by atoms with Gasteiger partial charge in [0.1, 0.15) is 0 Å². The summed E-state index contributed by atoms with van der Waals surface area (Å²) in [7, 11) is 0. The monoisotopic (exact) mass is 226 g/mol. The van der Waals surface area contributed by atoms with Crippen LogP contribution < -0.4 is 0 Å². The van der Waals surface area contributed by atoms with Gasteiger partial charge in [-0.05, 0) is 43.1 Å². The first-order valence-electron chi connectivity index (χ1n) is 4.39. The summed E-state index contributed by atoms with van der Waals surface area (Å²) in [4.78, 5) is 21.7. The van der Waals surface area contributed by atoms with Crippen molar-refractivity contribution in [2.45, 2.75) is 19.3 Å². The van der Waals surface area contributed by atoms with E-state index in [4.69, 9.17) is 16.7 Å². The maximum atomic E-state index is 10.9. The highest BCUT2D eigenvalue weighted by Crippen LogP contribution is 2.23. The normalized spacial score (nSPS) is 11.1. The Hall–Kier alpha value is -1.35. The Morgan fingerprint density at radius 1 is 1.20 bits per heavy atom. The highest BCUT2D eigenvalue weighted by Gasteiger charge is 2.29. The first-order chi connectivity index (χ1) is 6.85. The zero-order chi connectivity index (χ0) is 11.6. The van der Waals surface area contributed by atoms with E-state index < -0.39 is 16.6 Å². The van der Waals surface area contributed by atoms with Gasteiger partial charge >= 0.3 is 5.97 Å². The van der Waals surface area contributed by atoms with E-state index in [1.807, 2.05) is 0 Å². The van der Waals surface area contributed by atoms with Crippen molar-refractivity contribution in [1.82, 2.24) is 0 Å². The van der Waals surface area contributed by atoms with Crippen LogP contribution in [0.1, 0.15) is 29.8 Å². The van der Waals surface area contributed by atoms with Gasteiger partial charge in [0, 0.05) is 5.56 Å². The molecule has 0 amide bonds. The number of carbonyl (C=O) groups excluding carboxylic acids is 1. The molecule has 80 valence electrons. The van der Waals surface area contributed by atoms with Crippen LogP contribution in [0.5, 0.6) is 0 Å². The van der Waals surface area contributed by atoms with Crippen molar-refractivity contribution in [3.05, 3.63) is 35.4 Å². The van der Waals surface area contributed by atoms with Crippen molar-refractivity contribution in [2.24, 2.45) is 0 Å². The van der Waals surface area contributed by atoms with Gasteiger partial charge in [0.2, 0.25) is 0 Å². The second-order valence-corrected chi connectivity index (χ2v) is 4.12. The smallest absolute Gasteiger partial charge is 0.313 e. The number of carboxylic acid groups (broad SMARTS) is 1. The average molecular weight is 227 g/mol. The summed E-state index contributed by atoms with van der Waals surface area (Å²) < 4.78 is 0. The second kappa shape index (κ2) is 4.03. The van der Waals surface area contributed by atoms with Crippen molar-refractivity contribution in [2.75, 3.05) is 0 Å². The van der Waals surface area contributed by atoms with Crippen molar-refractivity contribution < 1.29 is 14.7 Å². The molecule has 0 radical (unpaired) electrons. The van der Waals surface area contributed by atoms with Gasteiger partial charge in [-0.3, -0.25) is 9.59 Å². The molecule has 0 unspecified atom stereocenters. The SMILES string of the molecule is CC(C)(C(=O)O)c1ccc(C(=O)Cl)cc1. The molecule has 0 aliphatic rings. The molecule has 0 bridgehead atoms. The Kier molecular flexibility index (Phi) is 3.15. The number of aliphatic carboxylic acids is 1. The first kappa shape index (κ1) is 11.7. The molecule has 4 heteroatoms. The second-order valence-electron chi connectivity index (χ2n) is 3.78. The van der Waals surface area contributed by atoms with Crippen LogP contribution in [-0.2, 0) is 10.2 Å². The standard InChI is InChI=1S/C11H11ClO3/c1-11(2,10(14)15)8-5-3-7(4-6-8)9(12)13/h3-6H,1-2H3,(H,14,15). The van der Waals surface area contributed by atoms with Gasteiger partial charge in [-0.25, -0.2) is 0 Å². The molecule has 0 aromatic heterocycles. The Morgan fingerprint density at radius 2 is 1.67 bits per heavy atom. The predicted octanol–water partition coefficient (Wildman–Crippen LogP) is 2.43. The number of hydrogen-bond donors (Lipinski definition) is 1. The molecule has 3 nitrogen and oxygen atoms in total. The predicted molar refractivity (Wildman–Crippen MR) is 57.3 cm³/mol. The van der Waals surface area contributed by atoms with Crippen LogP contribution in [0.25, 0.3) is 0 Å². The summed E-state index contributed by atoms with van der Waals surface area (Å²) in [6.45, 7) is 3.21. The van der Waals surface area contributed by atoms with Crippen LogP contribution in [0.15, 0.2) is 24.3 Å². The molecular weight excluding hydrogens is 216 g/mol. The van der Waals surface area contributed by atoms with Crippen molar-refractivity contribution >= 4 is 22.8 Å². The minimum atomic E-state index is -0.964. The molecule has 0 atom stereocenters. The van der Waals surface area contributed by atoms with E-state index in [9.17, 15) is 9.59 Å². The first-order valence-corrected chi connectivity index (χ1v) is 4.77. The number of carbonyl (C=O) groups is 2. The molecule has 0 saturated heterocycles. The summed E-state index contributed by atoms with van der Waals surface area (Å²) in [5.41, 5.74) is 0.0340. The molecule has 1 aromatic rings. The number of carboxylic acids is 1. The summed E-state index contributed by atoms with van der Waals surface area (Å²) in [6.07, 6.45) is 0. The fourth-order valence-corrected chi connectivity index (χ4v) is 1.27. The molecule has 0 fully saturated rings. The van der Waals surface area contributed by atoms with Gasteiger partial charge in [0.25, 0.3) is 5.24 Å². The lowest BCUT2D eigenvalue weighted by Crippen LogP contribution is -2.28. The van der Waals surface area contributed by atoms with E-state index in [-0.39, 0.29) is 0 Å². The minimum Gasteiger partial charge on any atom is -0.481 e. The zero-order valence-corrected chi connectivity index (χ0v) is 9.21. The lowest BCUT2D eigenvalue weighted by Gasteiger charge is -2.19. The van der Waals surface area contributed by atoms with Crippen LogP contribution in [0.4, 0.5) is 0 Å². The third-order valence-electron chi connectivity index (χ3n) is 2.37. The molecule has 1 rings (SSSR count). The van der Waals surface area contributed by atoms with E-state index in [1.54, 1.807) is 26.0 Å². The van der Waals surface area contributed by atoms with E-state index in [0.717, 1.165) is 0 Å². The largest absolute Gasteiger partial charge is 0.481 e. The van der Waals surface area contributed by atoms with Crippen LogP contribution in [0.2, 0.25) is 0 Å². The van der Waals surface area contributed by atoms with Crippen LogP contribution in [0.3, 0.4) is 0 Å². The molecule has 1 aromatic carbocycles. The molecule has 0 spiro atoms. The van der Waals surface area contributed by atoms with E-state index in [2.05, 4.69) is 0 Å². The molecular formula is C11H11ClO3. The van der Waals surface area contributed by atoms with Crippen LogP contribution in [0, 0.1) is 0 Å². The molecule has 0 heterocycles. The quantitative estimate of drug-likeness (QED) is 0.806. The van der Waals surface area contributed by atoms with Gasteiger partial charge in [0.15, 0.2) is 0 Å². The lowest BCUT2D eigenvalue weighted by molar-refractivity contribution is -0.142. The van der Waals surface area contributed by atoms with Crippen molar-refractivity contribution in [3.63, 3.8) is 0 Å². The van der Waals surface area contributed by atoms with Gasteiger partial charge in [-0.1, -0.05) is 12.1 Å². The van der Waals surface area contributed by atoms with Crippen LogP contribution in [-0.4, -0.2) is 16.3 Å². The Bertz CT molecular complexity index is 393. The van der Waals surface area contributed by atoms with E-state index >= 15 is 0 Å². The molecule has 0 aliphatic carbocycles. The molecule has 1 N–H and O–H groups in total. The third kappa shape index (κ3) is 2.36. The van der Waals surface area contributed by atoms with E-state index in [0.29, 0.717) is 11.1 Å². The Labute approximate surface area is 92.7 Å². The lowest BCUT2D eigenvalue weighted by atomic mass is 9.84. The molecule has 0 saturated carbocycles. The van der Waals surface area contributed by atoms with Gasteiger partial charge < -0.3 is 5.11 Å². The maximum Gasteiger partial charge on any atom is 0.313 e. The Morgan fingerprint density at radius 3 is 2.00 bits per heavy atom. The summed E-state index contributed by atoms with van der Waals surface area (Å²) in [5.74, 6) is -0.910. The van der Waals surface area contributed by atoms with Gasteiger partial charge in [-0.2, -0.15) is 0 Å². The number of rotatable bonds is 3. The Balaban J connectivity index is 3.09. The zero-order valence-electron chi connectivity index (χ0n) is 8.45. The maximum absolute atomic E-state index is 10.9. The fraction of sp³-hybridized carbons (Fsp3) is 0.273. The average Bonchev–Trinajstić information content (AvgIpc) is 2.17. The summed E-state index contributed by atoms with van der Waals surface area (Å²) in [6, 6.07) is 6.25. The van der Waals surface area contributed by atoms with Gasteiger partial charge in [-0.15, -0.1) is 0 Å². The third-order valence-corrected chi connectivity index (χ3v) is 2.59. The topological polar surface area (TPSA) is 54.4 Å². The molecule has 15 heavy (non-hydrogen) atoms. The highest BCUT2D eigenvalue weighted by atomic mass is 35.5. The van der Waals surface area contributed by atoms with Crippen LogP contribution >= 0.6 is 11.6 Å². The number of halogens is 1. The van der Waals surface area contributed by atoms with E-state index in [1.165, 1.54) is 12.1 Å². The minimum absolute atomic E-state index is 0.363. The number of hydrogen-bond acceptors (Lipinski definition) is 2. The van der Waals surface area contributed by atoms with Crippen molar-refractivity contribution in [3.8, 4) is 0 Å². The fourth-order valence-electron chi connectivity index (χ4n) is 1.14. The summed E-state index contributed by atoms with van der Waals surface area (Å²) >= 11 is 5.28. The summed E-state index contributed by atoms with van der Waals surface area (Å²) in [5, 5.41) is 8.43. The molecule has 0 aliphatic heterocycles.